The van der Waals surface area contributed by atoms with Crippen LogP contribution in [0.5, 0.6) is 0 Å². The second kappa shape index (κ2) is 9.37. The Morgan fingerprint density at radius 1 is 1.21 bits per heavy atom. The van der Waals surface area contributed by atoms with Gasteiger partial charge in [0.05, 0.1) is 24.6 Å². The van der Waals surface area contributed by atoms with Gasteiger partial charge >= 0.3 is 6.03 Å². The van der Waals surface area contributed by atoms with Gasteiger partial charge in [0.15, 0.2) is 0 Å². The third kappa shape index (κ3) is 4.95. The van der Waals surface area contributed by atoms with Gasteiger partial charge < -0.3 is 20.7 Å². The maximum Gasteiger partial charge on any atom is 0.322 e. The summed E-state index contributed by atoms with van der Waals surface area (Å²) in [6.45, 7) is 11.1. The first-order valence-corrected chi connectivity index (χ1v) is 10.3. The number of nitrogens with one attached hydrogen (secondary N) is 1. The second-order valence-corrected chi connectivity index (χ2v) is 8.07. The molecule has 0 bridgehead atoms. The molecule has 156 valence electrons. The average molecular weight is 397 g/mol. The Hall–Kier alpha value is -2.44. The summed E-state index contributed by atoms with van der Waals surface area (Å²) in [5, 5.41) is 3.13. The van der Waals surface area contributed by atoms with Gasteiger partial charge in [0.25, 0.3) is 0 Å². The number of pyridine rings is 1. The van der Waals surface area contributed by atoms with E-state index < -0.39 is 0 Å². The number of urea groups is 1. The van der Waals surface area contributed by atoms with Gasteiger partial charge in [-0.25, -0.2) is 4.79 Å². The van der Waals surface area contributed by atoms with Crippen molar-refractivity contribution >= 4 is 11.7 Å². The van der Waals surface area contributed by atoms with Crippen molar-refractivity contribution in [3.05, 3.63) is 46.8 Å². The first-order valence-electron chi connectivity index (χ1n) is 10.3. The number of hydrogen-bond donors (Lipinski definition) is 2. The van der Waals surface area contributed by atoms with Gasteiger partial charge in [-0.05, 0) is 37.3 Å². The molecule has 2 amide bonds. The second-order valence-electron chi connectivity index (χ2n) is 8.07. The van der Waals surface area contributed by atoms with Crippen LogP contribution in [0, 0.1) is 19.8 Å². The van der Waals surface area contributed by atoms with Crippen molar-refractivity contribution in [3.8, 4) is 11.1 Å². The number of aromatic nitrogens is 1. The Kier molecular flexibility index (Phi) is 6.87. The molecule has 0 saturated carbocycles. The maximum atomic E-state index is 12.9. The lowest BCUT2D eigenvalue weighted by Crippen LogP contribution is -2.43. The molecule has 1 saturated heterocycles. The number of nitrogens with two attached hydrogens (primary N) is 1. The highest BCUT2D eigenvalue weighted by Crippen LogP contribution is 2.36. The molecule has 0 atom stereocenters. The van der Waals surface area contributed by atoms with Crippen LogP contribution in [-0.4, -0.2) is 42.2 Å². The quantitative estimate of drug-likeness (QED) is 0.803. The molecule has 0 spiro atoms. The molecule has 1 aliphatic heterocycles. The fourth-order valence-corrected chi connectivity index (χ4v) is 3.72. The first-order chi connectivity index (χ1) is 13.9. The maximum absolute atomic E-state index is 12.9. The SMILES string of the molecule is Cc1ccc(-c2c(CN)c(CC(C)C)nc(C)c2NC(=O)N2CCOCC2)cc1. The topological polar surface area (TPSA) is 80.5 Å². The number of carbonyl (C=O) groups is 1. The zero-order chi connectivity index (χ0) is 21.0. The zero-order valence-corrected chi connectivity index (χ0v) is 17.9. The highest BCUT2D eigenvalue weighted by Gasteiger charge is 2.23. The van der Waals surface area contributed by atoms with Crippen molar-refractivity contribution < 1.29 is 9.53 Å². The van der Waals surface area contributed by atoms with Crippen LogP contribution in [0.3, 0.4) is 0 Å². The summed E-state index contributed by atoms with van der Waals surface area (Å²) in [5.74, 6) is 0.465. The number of amides is 2. The van der Waals surface area contributed by atoms with Crippen LogP contribution in [0.2, 0.25) is 0 Å². The molecular weight excluding hydrogens is 364 g/mol. The van der Waals surface area contributed by atoms with Crippen molar-refractivity contribution in [2.24, 2.45) is 11.7 Å². The number of nitrogens with zero attached hydrogens (tertiary/aromatic N) is 2. The van der Waals surface area contributed by atoms with Crippen LogP contribution in [0.15, 0.2) is 24.3 Å². The summed E-state index contributed by atoms with van der Waals surface area (Å²) in [6, 6.07) is 8.23. The van der Waals surface area contributed by atoms with Gasteiger partial charge in [0.2, 0.25) is 0 Å². The molecule has 3 N–H and O–H groups in total. The minimum absolute atomic E-state index is 0.119. The van der Waals surface area contributed by atoms with E-state index in [1.54, 1.807) is 4.90 Å². The van der Waals surface area contributed by atoms with E-state index in [9.17, 15) is 4.79 Å². The van der Waals surface area contributed by atoms with Gasteiger partial charge in [-0.2, -0.15) is 0 Å². The Labute approximate surface area is 173 Å². The molecule has 2 aromatic rings. The molecule has 0 unspecified atom stereocenters. The summed E-state index contributed by atoms with van der Waals surface area (Å²) >= 11 is 0. The smallest absolute Gasteiger partial charge is 0.322 e. The molecule has 29 heavy (non-hydrogen) atoms. The largest absolute Gasteiger partial charge is 0.378 e. The summed E-state index contributed by atoms with van der Waals surface area (Å²) in [7, 11) is 0. The van der Waals surface area contributed by atoms with Crippen LogP contribution in [0.1, 0.15) is 36.4 Å². The molecule has 1 aliphatic rings. The predicted octanol–water partition coefficient (Wildman–Crippen LogP) is 3.89. The first kappa shape index (κ1) is 21.3. The summed E-state index contributed by atoms with van der Waals surface area (Å²) in [6.07, 6.45) is 0.851. The lowest BCUT2D eigenvalue weighted by atomic mass is 9.92. The van der Waals surface area contributed by atoms with Crippen LogP contribution >= 0.6 is 0 Å². The third-order valence-corrected chi connectivity index (χ3v) is 5.24. The number of benzene rings is 1. The van der Waals surface area contributed by atoms with Gasteiger partial charge in [-0.3, -0.25) is 4.98 Å². The highest BCUT2D eigenvalue weighted by atomic mass is 16.5. The Balaban J connectivity index is 2.10. The van der Waals surface area contributed by atoms with Crippen molar-refractivity contribution in [3.63, 3.8) is 0 Å². The normalized spacial score (nSPS) is 14.3. The van der Waals surface area contributed by atoms with Crippen molar-refractivity contribution in [2.45, 2.75) is 40.7 Å². The monoisotopic (exact) mass is 396 g/mol. The van der Waals surface area contributed by atoms with Gasteiger partial charge in [-0.1, -0.05) is 43.7 Å². The number of carbonyl (C=O) groups excluding carboxylic acids is 1. The summed E-state index contributed by atoms with van der Waals surface area (Å²) < 4.78 is 5.37. The molecule has 3 rings (SSSR count). The molecule has 6 heteroatoms. The number of ether oxygens (including phenoxy) is 1. The number of aryl methyl sites for hydroxylation is 2. The number of anilines is 1. The van der Waals surface area contributed by atoms with E-state index in [-0.39, 0.29) is 6.03 Å². The van der Waals surface area contributed by atoms with Crippen LogP contribution in [0.4, 0.5) is 10.5 Å². The molecule has 6 nitrogen and oxygen atoms in total. The number of hydrogen-bond acceptors (Lipinski definition) is 4. The van der Waals surface area contributed by atoms with E-state index in [0.29, 0.717) is 38.8 Å². The average Bonchev–Trinajstić information content (AvgIpc) is 2.70. The Bertz CT molecular complexity index is 856. The van der Waals surface area contributed by atoms with Crippen molar-refractivity contribution in [1.82, 2.24) is 9.88 Å². The molecule has 0 aliphatic carbocycles. The molecule has 0 radical (unpaired) electrons. The standard InChI is InChI=1S/C23H32N4O2/c1-15(2)13-20-19(14-24)21(18-7-5-16(3)6-8-18)22(17(4)25-20)26-23(28)27-9-11-29-12-10-27/h5-8,15H,9-14,24H2,1-4H3,(H,26,28). The minimum atomic E-state index is -0.119. The van der Waals surface area contributed by atoms with E-state index >= 15 is 0 Å². The van der Waals surface area contributed by atoms with Crippen LogP contribution < -0.4 is 11.1 Å². The molecule has 1 aromatic heterocycles. The third-order valence-electron chi connectivity index (χ3n) is 5.24. The van der Waals surface area contributed by atoms with Crippen molar-refractivity contribution in [2.75, 3.05) is 31.6 Å². The van der Waals surface area contributed by atoms with E-state index in [2.05, 4.69) is 50.4 Å². The van der Waals surface area contributed by atoms with Crippen LogP contribution in [-0.2, 0) is 17.7 Å². The Morgan fingerprint density at radius 2 is 1.86 bits per heavy atom. The van der Waals surface area contributed by atoms with Crippen LogP contribution in [0.25, 0.3) is 11.1 Å². The zero-order valence-electron chi connectivity index (χ0n) is 17.9. The predicted molar refractivity (Wildman–Crippen MR) is 117 cm³/mol. The van der Waals surface area contributed by atoms with Gasteiger partial charge in [0.1, 0.15) is 0 Å². The van der Waals surface area contributed by atoms with E-state index in [0.717, 1.165) is 40.2 Å². The number of rotatable bonds is 5. The molecule has 2 heterocycles. The van der Waals surface area contributed by atoms with E-state index in [4.69, 9.17) is 15.5 Å². The Morgan fingerprint density at radius 3 is 2.45 bits per heavy atom. The summed E-state index contributed by atoms with van der Waals surface area (Å²) in [5.41, 5.74) is 13.0. The van der Waals surface area contributed by atoms with Gasteiger partial charge in [0, 0.05) is 30.9 Å². The lowest BCUT2D eigenvalue weighted by molar-refractivity contribution is 0.0564. The van der Waals surface area contributed by atoms with E-state index in [1.807, 2.05) is 6.92 Å². The highest BCUT2D eigenvalue weighted by molar-refractivity contribution is 5.96. The van der Waals surface area contributed by atoms with Crippen molar-refractivity contribution in [1.29, 1.82) is 0 Å². The van der Waals surface area contributed by atoms with Gasteiger partial charge in [-0.15, -0.1) is 0 Å². The fourth-order valence-electron chi connectivity index (χ4n) is 3.72. The summed E-state index contributed by atoms with van der Waals surface area (Å²) in [4.78, 5) is 19.6. The number of morpholine rings is 1. The molecule has 1 aromatic carbocycles. The fraction of sp³-hybridized carbons (Fsp3) is 0.478. The van der Waals surface area contributed by atoms with E-state index in [1.165, 1.54) is 5.56 Å². The lowest BCUT2D eigenvalue weighted by Gasteiger charge is -2.28. The molecule has 1 fully saturated rings. The molecular formula is C23H32N4O2. The minimum Gasteiger partial charge on any atom is -0.378 e.